The van der Waals surface area contributed by atoms with Gasteiger partial charge in [-0.1, -0.05) is 6.07 Å². The first-order chi connectivity index (χ1) is 15.6. The molecule has 1 aliphatic rings. The van der Waals surface area contributed by atoms with Crippen molar-refractivity contribution in [3.63, 3.8) is 0 Å². The van der Waals surface area contributed by atoms with Crippen LogP contribution in [0.3, 0.4) is 0 Å². The summed E-state index contributed by atoms with van der Waals surface area (Å²) >= 11 is 3.44. The summed E-state index contributed by atoms with van der Waals surface area (Å²) in [6.45, 7) is 11.4. The number of nitrogens with zero attached hydrogens (tertiary/aromatic N) is 4. The lowest BCUT2D eigenvalue weighted by molar-refractivity contribution is 0.241. The van der Waals surface area contributed by atoms with Crippen molar-refractivity contribution in [2.24, 2.45) is 0 Å². The quantitative estimate of drug-likeness (QED) is 0.324. The van der Waals surface area contributed by atoms with Crippen LogP contribution in [0.4, 0.5) is 11.6 Å². The molecule has 3 aromatic rings. The largest absolute Gasteiger partial charge is 0.324 e. The van der Waals surface area contributed by atoms with E-state index in [-0.39, 0.29) is 0 Å². The number of hydrogen-bond donors (Lipinski definition) is 3. The number of hydrogen-bond acceptors (Lipinski definition) is 9. The molecule has 7 nitrogen and oxygen atoms in total. The monoisotopic (exact) mass is 469 g/mol. The standard InChI is InChI=1S/C23H31N7S2/c1-16-12-17(2)14-18(13-16)27-23-26-5-4-19(29-23)21-28-20(22(31-3)32-21)15-25-8-11-30-9-6-24-7-10-30/h4-5,12-14,24-25H,6-11,15H2,1-3H3,(H,26,27,29). The van der Waals surface area contributed by atoms with E-state index in [1.165, 1.54) is 15.3 Å². The summed E-state index contributed by atoms with van der Waals surface area (Å²) in [7, 11) is 0. The Hall–Kier alpha value is -2.04. The Morgan fingerprint density at radius 3 is 2.66 bits per heavy atom. The third kappa shape index (κ3) is 6.26. The lowest BCUT2D eigenvalue weighted by Gasteiger charge is -2.27. The third-order valence-electron chi connectivity index (χ3n) is 5.31. The van der Waals surface area contributed by atoms with Crippen LogP contribution < -0.4 is 16.0 Å². The highest BCUT2D eigenvalue weighted by molar-refractivity contribution is 8.00. The molecule has 170 valence electrons. The topological polar surface area (TPSA) is 78.0 Å². The van der Waals surface area contributed by atoms with Crippen LogP contribution in [0.1, 0.15) is 16.8 Å². The summed E-state index contributed by atoms with van der Waals surface area (Å²) in [5.74, 6) is 0.587. The molecule has 2 aromatic heterocycles. The molecule has 0 atom stereocenters. The molecule has 0 unspecified atom stereocenters. The molecule has 1 saturated heterocycles. The average Bonchev–Trinajstić information content (AvgIpc) is 3.20. The Kier molecular flexibility index (Phi) is 8.10. The minimum absolute atomic E-state index is 0.587. The molecule has 32 heavy (non-hydrogen) atoms. The van der Waals surface area contributed by atoms with Gasteiger partial charge in [-0.05, 0) is 49.4 Å². The smallest absolute Gasteiger partial charge is 0.227 e. The minimum atomic E-state index is 0.587. The zero-order valence-corrected chi connectivity index (χ0v) is 20.6. The van der Waals surface area contributed by atoms with Crippen molar-refractivity contribution in [1.29, 1.82) is 0 Å². The van der Waals surface area contributed by atoms with Gasteiger partial charge in [0.25, 0.3) is 0 Å². The summed E-state index contributed by atoms with van der Waals surface area (Å²) in [6, 6.07) is 8.28. The van der Waals surface area contributed by atoms with E-state index in [1.54, 1.807) is 29.3 Å². The molecule has 3 heterocycles. The summed E-state index contributed by atoms with van der Waals surface area (Å²) in [5.41, 5.74) is 5.36. The van der Waals surface area contributed by atoms with Crippen LogP contribution in [0, 0.1) is 13.8 Å². The molecular weight excluding hydrogens is 438 g/mol. The summed E-state index contributed by atoms with van der Waals surface area (Å²) < 4.78 is 1.23. The van der Waals surface area contributed by atoms with Crippen molar-refractivity contribution < 1.29 is 0 Å². The Bertz CT molecular complexity index is 1010. The van der Waals surface area contributed by atoms with Gasteiger partial charge in [0.05, 0.1) is 9.90 Å². The number of thioether (sulfide) groups is 1. The number of benzene rings is 1. The Labute approximate surface area is 198 Å². The molecule has 0 saturated carbocycles. The lowest BCUT2D eigenvalue weighted by Crippen LogP contribution is -2.45. The number of anilines is 2. The number of thiazole rings is 1. The Balaban J connectivity index is 1.40. The van der Waals surface area contributed by atoms with E-state index in [4.69, 9.17) is 9.97 Å². The molecule has 1 fully saturated rings. The van der Waals surface area contributed by atoms with Crippen molar-refractivity contribution in [1.82, 2.24) is 30.5 Å². The highest BCUT2D eigenvalue weighted by Crippen LogP contribution is 2.33. The van der Waals surface area contributed by atoms with Gasteiger partial charge in [-0.2, -0.15) is 0 Å². The second kappa shape index (κ2) is 11.2. The molecule has 0 bridgehead atoms. The van der Waals surface area contributed by atoms with Crippen LogP contribution in [-0.4, -0.2) is 65.4 Å². The van der Waals surface area contributed by atoms with Gasteiger partial charge >= 0.3 is 0 Å². The fourth-order valence-corrected chi connectivity index (χ4v) is 5.52. The highest BCUT2D eigenvalue weighted by atomic mass is 32.2. The first-order valence-corrected chi connectivity index (χ1v) is 13.0. The normalized spacial score (nSPS) is 14.6. The van der Waals surface area contributed by atoms with E-state index in [1.807, 2.05) is 6.07 Å². The van der Waals surface area contributed by atoms with Crippen LogP contribution in [0.5, 0.6) is 0 Å². The number of rotatable bonds is 9. The number of piperazine rings is 1. The highest BCUT2D eigenvalue weighted by Gasteiger charge is 2.14. The van der Waals surface area contributed by atoms with E-state index in [9.17, 15) is 0 Å². The first kappa shape index (κ1) is 23.1. The summed E-state index contributed by atoms with van der Waals surface area (Å²) in [4.78, 5) is 16.5. The molecule has 4 rings (SSSR count). The van der Waals surface area contributed by atoms with Crippen molar-refractivity contribution in [3.8, 4) is 10.7 Å². The van der Waals surface area contributed by atoms with E-state index < -0.39 is 0 Å². The van der Waals surface area contributed by atoms with Crippen molar-refractivity contribution >= 4 is 34.7 Å². The van der Waals surface area contributed by atoms with Gasteiger partial charge < -0.3 is 16.0 Å². The van der Waals surface area contributed by atoms with Crippen LogP contribution in [0.2, 0.25) is 0 Å². The maximum Gasteiger partial charge on any atom is 0.227 e. The Morgan fingerprint density at radius 2 is 1.91 bits per heavy atom. The molecule has 0 aliphatic carbocycles. The van der Waals surface area contributed by atoms with Crippen molar-refractivity contribution in [2.45, 2.75) is 24.6 Å². The minimum Gasteiger partial charge on any atom is -0.324 e. The summed E-state index contributed by atoms with van der Waals surface area (Å²) in [6.07, 6.45) is 3.90. The molecule has 1 aromatic carbocycles. The summed E-state index contributed by atoms with van der Waals surface area (Å²) in [5, 5.41) is 11.2. The van der Waals surface area contributed by atoms with Crippen molar-refractivity contribution in [2.75, 3.05) is 50.8 Å². The van der Waals surface area contributed by atoms with Crippen LogP contribution >= 0.6 is 23.1 Å². The maximum atomic E-state index is 4.91. The predicted octanol–water partition coefficient (Wildman–Crippen LogP) is 3.68. The van der Waals surface area contributed by atoms with E-state index in [0.29, 0.717) is 5.95 Å². The fraction of sp³-hybridized carbons (Fsp3) is 0.435. The molecule has 0 spiro atoms. The van der Waals surface area contributed by atoms with Gasteiger partial charge in [-0.3, -0.25) is 4.90 Å². The molecule has 3 N–H and O–H groups in total. The van der Waals surface area contributed by atoms with Gasteiger partial charge in [0.15, 0.2) is 0 Å². The van der Waals surface area contributed by atoms with Crippen LogP contribution in [0.25, 0.3) is 10.7 Å². The van der Waals surface area contributed by atoms with Gasteiger partial charge in [0.1, 0.15) is 10.7 Å². The van der Waals surface area contributed by atoms with Crippen LogP contribution in [-0.2, 0) is 6.54 Å². The third-order valence-corrected chi connectivity index (χ3v) is 7.58. The fourth-order valence-electron chi connectivity index (χ4n) is 3.81. The zero-order valence-electron chi connectivity index (χ0n) is 18.9. The molecular formula is C23H31N7S2. The van der Waals surface area contributed by atoms with Crippen molar-refractivity contribution in [3.05, 3.63) is 47.3 Å². The lowest BCUT2D eigenvalue weighted by atomic mass is 10.1. The van der Waals surface area contributed by atoms with Gasteiger partial charge in [-0.25, -0.2) is 15.0 Å². The van der Waals surface area contributed by atoms with E-state index in [2.05, 4.69) is 64.1 Å². The number of aromatic nitrogens is 3. The van der Waals surface area contributed by atoms with Crippen LogP contribution in [0.15, 0.2) is 34.7 Å². The van der Waals surface area contributed by atoms with E-state index >= 15 is 0 Å². The maximum absolute atomic E-state index is 4.91. The second-order valence-corrected chi connectivity index (χ2v) is 10.1. The van der Waals surface area contributed by atoms with Gasteiger partial charge in [0, 0.05) is 57.7 Å². The molecule has 0 amide bonds. The van der Waals surface area contributed by atoms with Gasteiger partial charge in [0.2, 0.25) is 5.95 Å². The second-order valence-electron chi connectivity index (χ2n) is 7.99. The van der Waals surface area contributed by atoms with E-state index in [0.717, 1.165) is 67.9 Å². The number of nitrogens with one attached hydrogen (secondary N) is 3. The first-order valence-electron chi connectivity index (χ1n) is 11.0. The Morgan fingerprint density at radius 1 is 1.12 bits per heavy atom. The molecule has 9 heteroatoms. The number of aryl methyl sites for hydroxylation is 2. The van der Waals surface area contributed by atoms with Gasteiger partial charge in [-0.15, -0.1) is 23.1 Å². The molecule has 0 radical (unpaired) electrons. The predicted molar refractivity (Wildman–Crippen MR) is 135 cm³/mol. The SMILES string of the molecule is CSc1sc(-c2ccnc(Nc3cc(C)cc(C)c3)n2)nc1CNCCN1CCNCC1. The average molecular weight is 470 g/mol. The molecule has 1 aliphatic heterocycles. The zero-order chi connectivity index (χ0) is 22.3.